The van der Waals surface area contributed by atoms with Gasteiger partial charge in [-0.15, -0.1) is 0 Å². The van der Waals surface area contributed by atoms with Crippen LogP contribution in [0.25, 0.3) is 0 Å². The van der Waals surface area contributed by atoms with Crippen LogP contribution in [-0.2, 0) is 14.3 Å². The lowest BCUT2D eigenvalue weighted by atomic mass is 9.68. The molecular weight excluding hydrogens is 504 g/mol. The molecule has 2 aliphatic rings. The van der Waals surface area contributed by atoms with E-state index in [0.717, 1.165) is 62.8 Å². The predicted octanol–water partition coefficient (Wildman–Crippen LogP) is 6.70. The standard InChI is InChI=1S/C32H48N4O4/c1-3-5-7-9-14-18-29(37)34-33-28-21-20-25-22-26(40-32(39)24-16-12-11-13-17-24)23-27(28)31(25)36-35-30(38)19-15-10-8-6-4-2/h11-13,16-17,25-27H,3-10,14-15,18-23H2,1-2H3,(H,34,37)(H,35,38)/b33-28+,36-31+/t25-,26-,27+/m1/s1. The number of benzene rings is 1. The maximum atomic E-state index is 12.8. The van der Waals surface area contributed by atoms with Gasteiger partial charge in [0, 0.05) is 30.4 Å². The molecule has 3 rings (SSSR count). The molecule has 0 saturated heterocycles. The third kappa shape index (κ3) is 10.5. The van der Waals surface area contributed by atoms with Crippen LogP contribution in [0, 0.1) is 11.8 Å². The van der Waals surface area contributed by atoms with Gasteiger partial charge in [0.15, 0.2) is 0 Å². The second-order valence-corrected chi connectivity index (χ2v) is 11.2. The summed E-state index contributed by atoms with van der Waals surface area (Å²) >= 11 is 0. The van der Waals surface area contributed by atoms with Crippen molar-refractivity contribution in [1.82, 2.24) is 10.9 Å². The molecule has 0 aromatic heterocycles. The maximum Gasteiger partial charge on any atom is 0.338 e. The minimum absolute atomic E-state index is 0.0745. The first-order chi connectivity index (χ1) is 19.5. The number of carbonyl (C=O) groups is 3. The van der Waals surface area contributed by atoms with Gasteiger partial charge < -0.3 is 4.74 Å². The molecule has 3 atom stereocenters. The highest BCUT2D eigenvalue weighted by atomic mass is 16.5. The summed E-state index contributed by atoms with van der Waals surface area (Å²) in [7, 11) is 0. The maximum absolute atomic E-state index is 12.8. The van der Waals surface area contributed by atoms with Gasteiger partial charge in [-0.2, -0.15) is 10.2 Å². The minimum atomic E-state index is -0.338. The quantitative estimate of drug-likeness (QED) is 0.135. The van der Waals surface area contributed by atoms with Crippen LogP contribution in [0.5, 0.6) is 0 Å². The highest BCUT2D eigenvalue weighted by Crippen LogP contribution is 2.38. The van der Waals surface area contributed by atoms with Gasteiger partial charge in [-0.25, -0.2) is 15.6 Å². The Hall–Kier alpha value is -3.03. The van der Waals surface area contributed by atoms with E-state index >= 15 is 0 Å². The first-order valence-electron chi connectivity index (χ1n) is 15.5. The fraction of sp³-hybridized carbons (Fsp3) is 0.656. The Morgan fingerprint density at radius 1 is 0.800 bits per heavy atom. The summed E-state index contributed by atoms with van der Waals surface area (Å²) in [5.41, 5.74) is 7.78. The van der Waals surface area contributed by atoms with E-state index in [1.54, 1.807) is 12.1 Å². The van der Waals surface area contributed by atoms with Crippen LogP contribution < -0.4 is 10.9 Å². The Bertz CT molecular complexity index is 1010. The second-order valence-electron chi connectivity index (χ2n) is 11.2. The molecule has 2 fully saturated rings. The number of unbranched alkanes of at least 4 members (excludes halogenated alkanes) is 8. The van der Waals surface area contributed by atoms with Crippen LogP contribution in [-0.4, -0.2) is 35.3 Å². The van der Waals surface area contributed by atoms with Crippen molar-refractivity contribution in [2.75, 3.05) is 0 Å². The van der Waals surface area contributed by atoms with E-state index in [0.29, 0.717) is 31.2 Å². The van der Waals surface area contributed by atoms with Crippen molar-refractivity contribution in [3.8, 4) is 0 Å². The molecule has 0 spiro atoms. The topological polar surface area (TPSA) is 109 Å². The molecule has 0 radical (unpaired) electrons. The molecule has 2 bridgehead atoms. The van der Waals surface area contributed by atoms with E-state index < -0.39 is 0 Å². The van der Waals surface area contributed by atoms with E-state index in [9.17, 15) is 14.4 Å². The van der Waals surface area contributed by atoms with Crippen LogP contribution in [0.3, 0.4) is 0 Å². The van der Waals surface area contributed by atoms with Crippen LogP contribution in [0.15, 0.2) is 40.5 Å². The fourth-order valence-electron chi connectivity index (χ4n) is 5.62. The number of esters is 1. The third-order valence-electron chi connectivity index (χ3n) is 7.90. The fourth-order valence-corrected chi connectivity index (χ4v) is 5.62. The molecule has 1 aromatic carbocycles. The number of nitrogens with one attached hydrogen (secondary N) is 2. The molecular formula is C32H48N4O4. The number of ether oxygens (including phenoxy) is 1. The highest BCUT2D eigenvalue weighted by molar-refractivity contribution is 6.11. The number of fused-ring (bicyclic) bond motifs is 2. The van der Waals surface area contributed by atoms with Gasteiger partial charge in [-0.1, -0.05) is 83.4 Å². The average molecular weight is 553 g/mol. The number of hydrogen-bond donors (Lipinski definition) is 2. The zero-order valence-corrected chi connectivity index (χ0v) is 24.5. The van der Waals surface area contributed by atoms with Gasteiger partial charge in [0.25, 0.3) is 0 Å². The van der Waals surface area contributed by atoms with Crippen LogP contribution in [0.2, 0.25) is 0 Å². The Morgan fingerprint density at radius 3 is 2.02 bits per heavy atom. The molecule has 0 aliphatic heterocycles. The molecule has 1 aromatic rings. The lowest BCUT2D eigenvalue weighted by Crippen LogP contribution is -2.46. The van der Waals surface area contributed by atoms with Crippen LogP contribution >= 0.6 is 0 Å². The van der Waals surface area contributed by atoms with Crippen molar-refractivity contribution >= 4 is 29.2 Å². The highest BCUT2D eigenvalue weighted by Gasteiger charge is 2.42. The summed E-state index contributed by atoms with van der Waals surface area (Å²) in [6.07, 6.45) is 14.2. The molecule has 220 valence electrons. The lowest BCUT2D eigenvalue weighted by molar-refractivity contribution is -0.122. The number of amides is 2. The Morgan fingerprint density at radius 2 is 1.40 bits per heavy atom. The van der Waals surface area contributed by atoms with E-state index in [2.05, 4.69) is 34.9 Å². The predicted molar refractivity (Wildman–Crippen MR) is 159 cm³/mol. The molecule has 2 aliphatic carbocycles. The summed E-state index contributed by atoms with van der Waals surface area (Å²) in [4.78, 5) is 37.7. The van der Waals surface area contributed by atoms with E-state index in [-0.39, 0.29) is 35.7 Å². The molecule has 8 nitrogen and oxygen atoms in total. The minimum Gasteiger partial charge on any atom is -0.459 e. The first-order valence-corrected chi connectivity index (χ1v) is 15.5. The summed E-state index contributed by atoms with van der Waals surface area (Å²) in [5.74, 6) is -0.588. The molecule has 2 amide bonds. The first kappa shape index (κ1) is 31.5. The average Bonchev–Trinajstić information content (AvgIpc) is 2.96. The number of hydrazone groups is 2. The Labute approximate surface area is 239 Å². The van der Waals surface area contributed by atoms with E-state index in [1.165, 1.54) is 25.7 Å². The molecule has 0 unspecified atom stereocenters. The summed E-state index contributed by atoms with van der Waals surface area (Å²) in [5, 5.41) is 9.12. The number of nitrogens with zero attached hydrogens (tertiary/aromatic N) is 2. The van der Waals surface area contributed by atoms with Crippen molar-refractivity contribution < 1.29 is 19.1 Å². The molecule has 8 heteroatoms. The largest absolute Gasteiger partial charge is 0.459 e. The molecule has 2 N–H and O–H groups in total. The van der Waals surface area contributed by atoms with Gasteiger partial charge in [0.2, 0.25) is 11.8 Å². The zero-order chi connectivity index (χ0) is 28.6. The van der Waals surface area contributed by atoms with Crippen LogP contribution in [0.1, 0.15) is 127 Å². The second kappa shape index (κ2) is 17.6. The van der Waals surface area contributed by atoms with Crippen molar-refractivity contribution in [3.05, 3.63) is 35.9 Å². The van der Waals surface area contributed by atoms with Gasteiger partial charge in [-0.3, -0.25) is 9.59 Å². The monoisotopic (exact) mass is 552 g/mol. The number of hydrogen-bond acceptors (Lipinski definition) is 6. The molecule has 2 saturated carbocycles. The lowest BCUT2D eigenvalue weighted by Gasteiger charge is -2.40. The summed E-state index contributed by atoms with van der Waals surface area (Å²) in [6.45, 7) is 4.35. The van der Waals surface area contributed by atoms with Crippen molar-refractivity contribution in [3.63, 3.8) is 0 Å². The van der Waals surface area contributed by atoms with Gasteiger partial charge in [0.1, 0.15) is 6.10 Å². The van der Waals surface area contributed by atoms with Crippen molar-refractivity contribution in [2.24, 2.45) is 22.0 Å². The van der Waals surface area contributed by atoms with Gasteiger partial charge in [-0.05, 0) is 50.7 Å². The van der Waals surface area contributed by atoms with E-state index in [1.807, 2.05) is 18.2 Å². The smallest absolute Gasteiger partial charge is 0.338 e. The Balaban J connectivity index is 1.64. The molecule has 40 heavy (non-hydrogen) atoms. The SMILES string of the molecule is CCCCCCCC(=O)N/N=C1\CC[C@@H]2C[C@@H](OC(=O)c3ccccc3)C[C@@H]1/C2=N/NC(=O)CCCCCCC. The Kier molecular flexibility index (Phi) is 13.9. The zero-order valence-electron chi connectivity index (χ0n) is 24.5. The normalized spacial score (nSPS) is 22.2. The van der Waals surface area contributed by atoms with Crippen LogP contribution in [0.4, 0.5) is 0 Å². The molecule has 0 heterocycles. The number of rotatable bonds is 16. The van der Waals surface area contributed by atoms with E-state index in [4.69, 9.17) is 4.74 Å². The summed E-state index contributed by atoms with van der Waals surface area (Å²) in [6, 6.07) is 9.01. The van der Waals surface area contributed by atoms with Gasteiger partial charge >= 0.3 is 5.97 Å². The third-order valence-corrected chi connectivity index (χ3v) is 7.90. The van der Waals surface area contributed by atoms with Crippen molar-refractivity contribution in [2.45, 2.75) is 123 Å². The summed E-state index contributed by atoms with van der Waals surface area (Å²) < 4.78 is 5.91. The number of carbonyl (C=O) groups excluding carboxylic acids is 3. The van der Waals surface area contributed by atoms with Gasteiger partial charge in [0.05, 0.1) is 11.3 Å². The van der Waals surface area contributed by atoms with Crippen molar-refractivity contribution in [1.29, 1.82) is 0 Å².